The van der Waals surface area contributed by atoms with Crippen LogP contribution in [-0.4, -0.2) is 0 Å². The van der Waals surface area contributed by atoms with Gasteiger partial charge in [0, 0.05) is 0 Å². The van der Waals surface area contributed by atoms with E-state index in [2.05, 4.69) is 20.8 Å². The summed E-state index contributed by atoms with van der Waals surface area (Å²) in [4.78, 5) is 0. The number of unbranched alkanes of at least 4 members (excludes halogenated alkanes) is 21. The zero-order valence-corrected chi connectivity index (χ0v) is 22.0. The zero-order valence-electron chi connectivity index (χ0n) is 22.0. The average molecular weight is 423 g/mol. The van der Waals surface area contributed by atoms with Crippen molar-refractivity contribution in [1.29, 1.82) is 0 Å². The van der Waals surface area contributed by atoms with E-state index in [4.69, 9.17) is 0 Å². The molecule has 182 valence electrons. The van der Waals surface area contributed by atoms with Crippen molar-refractivity contribution in [3.63, 3.8) is 0 Å². The molecule has 1 unspecified atom stereocenters. The molecular formula is C30H62. The van der Waals surface area contributed by atoms with Crippen LogP contribution in [0.2, 0.25) is 0 Å². The van der Waals surface area contributed by atoms with Crippen molar-refractivity contribution in [2.45, 2.75) is 188 Å². The van der Waals surface area contributed by atoms with Gasteiger partial charge in [0.25, 0.3) is 0 Å². The summed E-state index contributed by atoms with van der Waals surface area (Å²) < 4.78 is 0. The Morgan fingerprint density at radius 1 is 0.300 bits per heavy atom. The number of hydrogen-bond donors (Lipinski definition) is 0. The first-order chi connectivity index (χ1) is 14.8. The fourth-order valence-corrected chi connectivity index (χ4v) is 5.00. The van der Waals surface area contributed by atoms with Gasteiger partial charge in [-0.25, -0.2) is 0 Å². The lowest BCUT2D eigenvalue weighted by Gasteiger charge is -2.13. The summed E-state index contributed by atoms with van der Waals surface area (Å²) >= 11 is 0. The molecule has 0 saturated heterocycles. The Hall–Kier alpha value is 0. The van der Waals surface area contributed by atoms with E-state index in [0.717, 1.165) is 5.92 Å². The Bertz CT molecular complexity index is 282. The molecule has 0 aromatic carbocycles. The van der Waals surface area contributed by atoms with Crippen molar-refractivity contribution in [1.82, 2.24) is 0 Å². The van der Waals surface area contributed by atoms with Crippen LogP contribution in [0.15, 0.2) is 0 Å². The van der Waals surface area contributed by atoms with Crippen molar-refractivity contribution >= 4 is 0 Å². The Morgan fingerprint density at radius 3 is 0.867 bits per heavy atom. The minimum absolute atomic E-state index is 1.01. The van der Waals surface area contributed by atoms with Crippen molar-refractivity contribution in [2.24, 2.45) is 5.92 Å². The summed E-state index contributed by atoms with van der Waals surface area (Å²) in [5.41, 5.74) is 0. The fourth-order valence-electron chi connectivity index (χ4n) is 5.00. The molecule has 0 aliphatic rings. The average Bonchev–Trinajstić information content (AvgIpc) is 2.76. The summed E-state index contributed by atoms with van der Waals surface area (Å²) in [5.74, 6) is 1.01. The SMILES string of the molecule is CCCCCCCCCCCCCCCCCCCCCCCCC(CC)CCC. The summed E-state index contributed by atoms with van der Waals surface area (Å²) in [6, 6.07) is 0. The minimum atomic E-state index is 1.01. The summed E-state index contributed by atoms with van der Waals surface area (Å²) in [6.07, 6.45) is 38.3. The van der Waals surface area contributed by atoms with Gasteiger partial charge in [-0.3, -0.25) is 0 Å². The van der Waals surface area contributed by atoms with Crippen LogP contribution in [0.1, 0.15) is 188 Å². The number of rotatable bonds is 26. The topological polar surface area (TPSA) is 0 Å². The van der Waals surface area contributed by atoms with Crippen molar-refractivity contribution < 1.29 is 0 Å². The third kappa shape index (κ3) is 24.3. The van der Waals surface area contributed by atoms with Crippen LogP contribution in [0.4, 0.5) is 0 Å². The van der Waals surface area contributed by atoms with Gasteiger partial charge in [0.1, 0.15) is 0 Å². The highest BCUT2D eigenvalue weighted by atomic mass is 14.1. The molecular weight excluding hydrogens is 360 g/mol. The smallest absolute Gasteiger partial charge is 0.0417 e. The molecule has 0 heteroatoms. The lowest BCUT2D eigenvalue weighted by Crippen LogP contribution is -1.97. The second kappa shape index (κ2) is 27.0. The lowest BCUT2D eigenvalue weighted by atomic mass is 9.94. The quantitative estimate of drug-likeness (QED) is 0.122. The van der Waals surface area contributed by atoms with E-state index in [0.29, 0.717) is 0 Å². The Labute approximate surface area is 193 Å². The first-order valence-electron chi connectivity index (χ1n) is 14.8. The molecule has 0 aromatic heterocycles. The maximum absolute atomic E-state index is 2.37. The van der Waals surface area contributed by atoms with E-state index in [1.54, 1.807) is 0 Å². The van der Waals surface area contributed by atoms with Crippen LogP contribution >= 0.6 is 0 Å². The molecule has 0 nitrogen and oxygen atoms in total. The monoisotopic (exact) mass is 422 g/mol. The first-order valence-corrected chi connectivity index (χ1v) is 14.8. The van der Waals surface area contributed by atoms with Crippen molar-refractivity contribution in [3.05, 3.63) is 0 Å². The molecule has 1 atom stereocenters. The Morgan fingerprint density at radius 2 is 0.600 bits per heavy atom. The normalized spacial score (nSPS) is 12.5. The summed E-state index contributed by atoms with van der Waals surface area (Å²) in [6.45, 7) is 7.01. The van der Waals surface area contributed by atoms with Crippen LogP contribution in [0.25, 0.3) is 0 Å². The third-order valence-electron chi connectivity index (χ3n) is 7.24. The largest absolute Gasteiger partial charge is 0.0654 e. The zero-order chi connectivity index (χ0) is 22.0. The molecule has 0 saturated carbocycles. The fraction of sp³-hybridized carbons (Fsp3) is 1.00. The summed E-state index contributed by atoms with van der Waals surface area (Å²) in [7, 11) is 0. The highest BCUT2D eigenvalue weighted by Gasteiger charge is 2.04. The van der Waals surface area contributed by atoms with E-state index in [1.807, 2.05) is 0 Å². The van der Waals surface area contributed by atoms with Gasteiger partial charge in [-0.05, 0) is 5.92 Å². The third-order valence-corrected chi connectivity index (χ3v) is 7.24. The molecule has 0 spiro atoms. The van der Waals surface area contributed by atoms with Crippen LogP contribution in [0, 0.1) is 5.92 Å². The molecule has 0 rings (SSSR count). The molecule has 30 heavy (non-hydrogen) atoms. The predicted octanol–water partition coefficient (Wildman–Crippen LogP) is 11.8. The number of hydrogen-bond acceptors (Lipinski definition) is 0. The Balaban J connectivity index is 3.06. The summed E-state index contributed by atoms with van der Waals surface area (Å²) in [5, 5.41) is 0. The standard InChI is InChI=1S/C30H62/c1-4-7-8-9-10-11-12-13-14-15-16-17-18-19-20-21-22-23-24-25-26-27-29-30(6-3)28-5-2/h30H,4-29H2,1-3H3. The maximum atomic E-state index is 2.37. The predicted molar refractivity (Wildman–Crippen MR) is 141 cm³/mol. The van der Waals surface area contributed by atoms with Crippen LogP contribution in [0.5, 0.6) is 0 Å². The van der Waals surface area contributed by atoms with Gasteiger partial charge in [-0.15, -0.1) is 0 Å². The van der Waals surface area contributed by atoms with E-state index < -0.39 is 0 Å². The second-order valence-corrected chi connectivity index (χ2v) is 10.3. The van der Waals surface area contributed by atoms with Crippen LogP contribution in [0.3, 0.4) is 0 Å². The molecule has 0 aliphatic carbocycles. The van der Waals surface area contributed by atoms with Gasteiger partial charge in [-0.2, -0.15) is 0 Å². The van der Waals surface area contributed by atoms with Gasteiger partial charge in [-0.1, -0.05) is 188 Å². The molecule has 0 N–H and O–H groups in total. The minimum Gasteiger partial charge on any atom is -0.0654 e. The van der Waals surface area contributed by atoms with Gasteiger partial charge in [0.2, 0.25) is 0 Å². The van der Waals surface area contributed by atoms with Crippen LogP contribution in [-0.2, 0) is 0 Å². The highest BCUT2D eigenvalue weighted by Crippen LogP contribution is 2.20. The van der Waals surface area contributed by atoms with E-state index in [-0.39, 0.29) is 0 Å². The van der Waals surface area contributed by atoms with Gasteiger partial charge >= 0.3 is 0 Å². The van der Waals surface area contributed by atoms with Gasteiger partial charge in [0.05, 0.1) is 0 Å². The van der Waals surface area contributed by atoms with Gasteiger partial charge in [0.15, 0.2) is 0 Å². The van der Waals surface area contributed by atoms with Crippen LogP contribution < -0.4 is 0 Å². The van der Waals surface area contributed by atoms with E-state index in [1.165, 1.54) is 167 Å². The van der Waals surface area contributed by atoms with Crippen molar-refractivity contribution in [2.75, 3.05) is 0 Å². The van der Waals surface area contributed by atoms with E-state index in [9.17, 15) is 0 Å². The molecule has 0 aromatic rings. The molecule has 0 radical (unpaired) electrons. The Kier molecular flexibility index (Phi) is 27.0. The lowest BCUT2D eigenvalue weighted by molar-refractivity contribution is 0.407. The van der Waals surface area contributed by atoms with Crippen molar-refractivity contribution in [3.8, 4) is 0 Å². The first kappa shape index (κ1) is 30.0. The second-order valence-electron chi connectivity index (χ2n) is 10.3. The molecule has 0 amide bonds. The molecule has 0 bridgehead atoms. The molecule has 0 heterocycles. The maximum Gasteiger partial charge on any atom is -0.0417 e. The molecule has 0 fully saturated rings. The molecule has 0 aliphatic heterocycles. The van der Waals surface area contributed by atoms with Gasteiger partial charge < -0.3 is 0 Å². The van der Waals surface area contributed by atoms with E-state index >= 15 is 0 Å². The highest BCUT2D eigenvalue weighted by molar-refractivity contribution is 4.57.